The van der Waals surface area contributed by atoms with Gasteiger partial charge >= 0.3 is 0 Å². The van der Waals surface area contributed by atoms with Crippen LogP contribution in [0.2, 0.25) is 0 Å². The van der Waals surface area contributed by atoms with E-state index in [0.717, 1.165) is 30.2 Å². The summed E-state index contributed by atoms with van der Waals surface area (Å²) in [6, 6.07) is 17.1. The van der Waals surface area contributed by atoms with Crippen molar-refractivity contribution >= 4 is 65.6 Å². The molecule has 0 unspecified atom stereocenters. The lowest BCUT2D eigenvalue weighted by atomic mass is 10.2. The summed E-state index contributed by atoms with van der Waals surface area (Å²) in [5, 5.41) is 7.05. The maximum atomic E-state index is 12.1. The van der Waals surface area contributed by atoms with E-state index >= 15 is 0 Å². The van der Waals surface area contributed by atoms with Crippen LogP contribution in [-0.4, -0.2) is 25.5 Å². The predicted octanol–water partition coefficient (Wildman–Crippen LogP) is 5.84. The Morgan fingerprint density at radius 3 is 2.48 bits per heavy atom. The van der Waals surface area contributed by atoms with E-state index in [1.54, 1.807) is 18.3 Å². The molecule has 4 rings (SSSR count). The van der Waals surface area contributed by atoms with E-state index in [2.05, 4.69) is 63.6 Å². The van der Waals surface area contributed by atoms with Crippen molar-refractivity contribution in [3.8, 4) is 17.2 Å². The summed E-state index contributed by atoms with van der Waals surface area (Å²) in [7, 11) is 0. The van der Waals surface area contributed by atoms with Crippen LogP contribution < -0.4 is 25.0 Å². The highest BCUT2D eigenvalue weighted by atomic mass is 79.9. The number of ether oxygens (including phenoxy) is 3. The molecule has 1 heterocycles. The van der Waals surface area contributed by atoms with Crippen molar-refractivity contribution in [1.29, 1.82) is 0 Å². The number of anilines is 1. The Morgan fingerprint density at radius 1 is 1.00 bits per heavy atom. The Labute approximate surface area is 215 Å². The van der Waals surface area contributed by atoms with Crippen LogP contribution in [0.5, 0.6) is 17.2 Å². The van der Waals surface area contributed by atoms with Gasteiger partial charge in [-0.2, -0.15) is 5.10 Å². The minimum absolute atomic E-state index is 0.0627. The minimum atomic E-state index is -0.281. The number of hydrogen-bond acceptors (Lipinski definition) is 6. The SMILES string of the molecule is O=C(CNc1ccc2c(c1)OCO2)N/N=C/c1cc(Br)c(OCc2ccc(Br)cc2)c(Br)c1. The fraction of sp³-hybridized carbons (Fsp3) is 0.130. The number of nitrogens with zero attached hydrogens (tertiary/aromatic N) is 1. The number of hydrogen-bond donors (Lipinski definition) is 2. The molecule has 0 atom stereocenters. The van der Waals surface area contributed by atoms with Crippen LogP contribution in [0, 0.1) is 0 Å². The molecular weight excluding hydrogens is 622 g/mol. The lowest BCUT2D eigenvalue weighted by molar-refractivity contribution is -0.119. The molecule has 3 aromatic carbocycles. The monoisotopic (exact) mass is 637 g/mol. The topological polar surface area (TPSA) is 81.2 Å². The number of benzene rings is 3. The van der Waals surface area contributed by atoms with E-state index in [4.69, 9.17) is 14.2 Å². The highest BCUT2D eigenvalue weighted by Gasteiger charge is 2.13. The Hall–Kier alpha value is -2.56. The third-order valence-electron chi connectivity index (χ3n) is 4.55. The van der Waals surface area contributed by atoms with Crippen molar-refractivity contribution in [2.45, 2.75) is 6.61 Å². The first-order valence-corrected chi connectivity index (χ1v) is 12.2. The third kappa shape index (κ3) is 6.49. The molecule has 2 N–H and O–H groups in total. The number of hydrazone groups is 1. The molecule has 1 amide bonds. The molecule has 0 bridgehead atoms. The molecule has 33 heavy (non-hydrogen) atoms. The summed E-state index contributed by atoms with van der Waals surface area (Å²) >= 11 is 10.5. The van der Waals surface area contributed by atoms with Gasteiger partial charge in [0.25, 0.3) is 5.91 Å². The first-order valence-electron chi connectivity index (χ1n) is 9.79. The average Bonchev–Trinajstić information content (AvgIpc) is 3.26. The zero-order chi connectivity index (χ0) is 23.2. The van der Waals surface area contributed by atoms with Gasteiger partial charge in [0.1, 0.15) is 12.4 Å². The van der Waals surface area contributed by atoms with E-state index in [1.165, 1.54) is 0 Å². The van der Waals surface area contributed by atoms with E-state index in [0.29, 0.717) is 23.9 Å². The molecule has 0 saturated heterocycles. The smallest absolute Gasteiger partial charge is 0.259 e. The molecule has 1 aliphatic heterocycles. The van der Waals surface area contributed by atoms with Gasteiger partial charge in [-0.25, -0.2) is 5.43 Å². The molecule has 0 aromatic heterocycles. The lowest BCUT2D eigenvalue weighted by Crippen LogP contribution is -2.25. The van der Waals surface area contributed by atoms with Crippen molar-refractivity contribution in [1.82, 2.24) is 5.43 Å². The second-order valence-electron chi connectivity index (χ2n) is 6.94. The fourth-order valence-corrected chi connectivity index (χ4v) is 4.65. The van der Waals surface area contributed by atoms with Gasteiger partial charge in [-0.1, -0.05) is 28.1 Å². The Kier molecular flexibility index (Phi) is 7.89. The third-order valence-corrected chi connectivity index (χ3v) is 6.25. The van der Waals surface area contributed by atoms with Crippen molar-refractivity contribution in [3.05, 3.63) is 79.1 Å². The fourth-order valence-electron chi connectivity index (χ4n) is 2.94. The van der Waals surface area contributed by atoms with Crippen LogP contribution in [0.3, 0.4) is 0 Å². The average molecular weight is 640 g/mol. The normalized spacial score (nSPS) is 12.1. The Morgan fingerprint density at radius 2 is 1.73 bits per heavy atom. The molecule has 1 aliphatic rings. The maximum Gasteiger partial charge on any atom is 0.259 e. The van der Waals surface area contributed by atoms with Crippen LogP contribution >= 0.6 is 47.8 Å². The van der Waals surface area contributed by atoms with Gasteiger partial charge in [0.05, 0.1) is 21.7 Å². The summed E-state index contributed by atoms with van der Waals surface area (Å²) in [5.41, 5.74) is 5.10. The van der Waals surface area contributed by atoms with Gasteiger partial charge in [-0.15, -0.1) is 0 Å². The first kappa shape index (κ1) is 23.6. The van der Waals surface area contributed by atoms with Gasteiger partial charge in [0.15, 0.2) is 11.5 Å². The van der Waals surface area contributed by atoms with Crippen LogP contribution in [0.15, 0.2) is 73.1 Å². The highest BCUT2D eigenvalue weighted by molar-refractivity contribution is 9.11. The number of halogens is 3. The van der Waals surface area contributed by atoms with Gasteiger partial charge in [0, 0.05) is 16.2 Å². The summed E-state index contributed by atoms with van der Waals surface area (Å²) in [5.74, 6) is 1.75. The van der Waals surface area contributed by atoms with Crippen LogP contribution in [-0.2, 0) is 11.4 Å². The molecule has 0 radical (unpaired) electrons. The standard InChI is InChI=1S/C23H18Br3N3O4/c24-16-3-1-14(2-4-16)12-31-23-18(25)7-15(8-19(23)26)10-28-29-22(30)11-27-17-5-6-20-21(9-17)33-13-32-20/h1-10,27H,11-13H2,(H,29,30)/b28-10+. The van der Waals surface area contributed by atoms with Gasteiger partial charge in [-0.05, 0) is 79.4 Å². The molecular formula is C23H18Br3N3O4. The molecule has 0 aliphatic carbocycles. The van der Waals surface area contributed by atoms with Crippen molar-refractivity contribution in [2.24, 2.45) is 5.10 Å². The van der Waals surface area contributed by atoms with Crippen molar-refractivity contribution in [3.63, 3.8) is 0 Å². The van der Waals surface area contributed by atoms with Gasteiger partial charge < -0.3 is 19.5 Å². The number of amides is 1. The molecule has 0 spiro atoms. The molecule has 170 valence electrons. The van der Waals surface area contributed by atoms with E-state index in [1.807, 2.05) is 42.5 Å². The molecule has 3 aromatic rings. The van der Waals surface area contributed by atoms with Crippen LogP contribution in [0.1, 0.15) is 11.1 Å². The zero-order valence-corrected chi connectivity index (χ0v) is 21.9. The summed E-state index contributed by atoms with van der Waals surface area (Å²) in [6.45, 7) is 0.704. The number of nitrogens with one attached hydrogen (secondary N) is 2. The van der Waals surface area contributed by atoms with Gasteiger partial charge in [0.2, 0.25) is 6.79 Å². The van der Waals surface area contributed by atoms with Crippen LogP contribution in [0.25, 0.3) is 0 Å². The van der Waals surface area contributed by atoms with Crippen molar-refractivity contribution < 1.29 is 19.0 Å². The quantitative estimate of drug-likeness (QED) is 0.239. The van der Waals surface area contributed by atoms with Gasteiger partial charge in [-0.3, -0.25) is 4.79 Å². The second kappa shape index (κ2) is 11.0. The minimum Gasteiger partial charge on any atom is -0.487 e. The zero-order valence-electron chi connectivity index (χ0n) is 17.1. The maximum absolute atomic E-state index is 12.1. The number of rotatable bonds is 8. The summed E-state index contributed by atoms with van der Waals surface area (Å²) in [6.07, 6.45) is 1.56. The van der Waals surface area contributed by atoms with E-state index < -0.39 is 0 Å². The molecule has 10 heteroatoms. The highest BCUT2D eigenvalue weighted by Crippen LogP contribution is 2.35. The molecule has 0 fully saturated rings. The lowest BCUT2D eigenvalue weighted by Gasteiger charge is -2.11. The number of carbonyl (C=O) groups is 1. The Balaban J connectivity index is 1.28. The van der Waals surface area contributed by atoms with Crippen LogP contribution in [0.4, 0.5) is 5.69 Å². The molecule has 0 saturated carbocycles. The van der Waals surface area contributed by atoms with Crippen molar-refractivity contribution in [2.75, 3.05) is 18.7 Å². The number of carbonyl (C=O) groups excluding carboxylic acids is 1. The van der Waals surface area contributed by atoms with E-state index in [9.17, 15) is 4.79 Å². The molecule has 7 nitrogen and oxygen atoms in total. The number of fused-ring (bicyclic) bond motifs is 1. The Bertz CT molecular complexity index is 1160. The largest absolute Gasteiger partial charge is 0.487 e. The second-order valence-corrected chi connectivity index (χ2v) is 9.57. The predicted molar refractivity (Wildman–Crippen MR) is 137 cm³/mol. The summed E-state index contributed by atoms with van der Waals surface area (Å²) in [4.78, 5) is 12.1. The first-order chi connectivity index (χ1) is 16.0. The summed E-state index contributed by atoms with van der Waals surface area (Å²) < 4.78 is 19.1. The van der Waals surface area contributed by atoms with E-state index in [-0.39, 0.29) is 19.2 Å².